The van der Waals surface area contributed by atoms with Crippen LogP contribution in [-0.4, -0.2) is 81.0 Å². The highest BCUT2D eigenvalue weighted by atomic mass is 32.2. The Morgan fingerprint density at radius 2 is 2.32 bits per heavy atom. The molecule has 0 amide bonds. The van der Waals surface area contributed by atoms with Gasteiger partial charge in [-0.1, -0.05) is 6.92 Å². The Balaban J connectivity index is 1.83. The Kier molecular flexibility index (Phi) is 6.10. The molecule has 0 N–H and O–H groups in total. The van der Waals surface area contributed by atoms with Crippen molar-refractivity contribution in [3.05, 3.63) is 18.3 Å². The van der Waals surface area contributed by atoms with E-state index in [0.717, 1.165) is 18.9 Å². The third-order valence-corrected chi connectivity index (χ3v) is 5.49. The van der Waals surface area contributed by atoms with Crippen LogP contribution in [0.5, 0.6) is 0 Å². The summed E-state index contributed by atoms with van der Waals surface area (Å²) in [6.45, 7) is 5.12. The molecule has 0 aliphatic carbocycles. The van der Waals surface area contributed by atoms with Crippen molar-refractivity contribution in [2.24, 2.45) is 0 Å². The summed E-state index contributed by atoms with van der Waals surface area (Å²) >= 11 is 0. The predicted molar refractivity (Wildman–Crippen MR) is 85.8 cm³/mol. The zero-order valence-electron chi connectivity index (χ0n) is 13.2. The maximum Gasteiger partial charge on any atom is 0.151 e. The fourth-order valence-electron chi connectivity index (χ4n) is 2.40. The molecule has 7 nitrogen and oxygen atoms in total. The molecule has 0 spiro atoms. The van der Waals surface area contributed by atoms with Crippen molar-refractivity contribution in [3.8, 4) is 0 Å². The summed E-state index contributed by atoms with van der Waals surface area (Å²) < 4.78 is 29.0. The highest BCUT2D eigenvalue weighted by molar-refractivity contribution is 7.91. The number of aromatic nitrogens is 2. The summed E-state index contributed by atoms with van der Waals surface area (Å²) in [6.07, 6.45) is 1.69. The molecule has 22 heavy (non-hydrogen) atoms. The molecule has 124 valence electrons. The molecule has 1 fully saturated rings. The van der Waals surface area contributed by atoms with Crippen LogP contribution >= 0.6 is 0 Å². The highest BCUT2D eigenvalue weighted by Gasteiger charge is 2.23. The normalized spacial score (nSPS) is 20.0. The Morgan fingerprint density at radius 1 is 1.50 bits per heavy atom. The van der Waals surface area contributed by atoms with E-state index in [0.29, 0.717) is 19.7 Å². The number of rotatable bonds is 7. The summed E-state index contributed by atoms with van der Waals surface area (Å²) in [5.41, 5.74) is 0. The van der Waals surface area contributed by atoms with E-state index >= 15 is 0 Å². The number of ether oxygens (including phenoxy) is 1. The minimum Gasteiger partial charge on any atom is -0.374 e. The molecule has 0 saturated carbocycles. The standard InChI is InChI=1S/C14H24N4O3S/c1-3-22(19,20)10-8-18-7-9-21-13(12-18)11-17(2)14-5-4-6-15-16-14/h4-6,13H,3,7-12H2,1-2H3/t13-/m1/s1. The summed E-state index contributed by atoms with van der Waals surface area (Å²) in [4.78, 5) is 4.16. The SMILES string of the molecule is CCS(=O)(=O)CCN1CCO[C@H](CN(C)c2cccnn2)C1. The van der Waals surface area contributed by atoms with E-state index in [1.165, 1.54) is 0 Å². The monoisotopic (exact) mass is 328 g/mol. The molecule has 1 aliphatic heterocycles. The average molecular weight is 328 g/mol. The van der Waals surface area contributed by atoms with Crippen molar-refractivity contribution in [2.75, 3.05) is 56.2 Å². The molecule has 1 saturated heterocycles. The van der Waals surface area contributed by atoms with Crippen LogP contribution in [0.2, 0.25) is 0 Å². The Morgan fingerprint density at radius 3 is 3.00 bits per heavy atom. The lowest BCUT2D eigenvalue weighted by Crippen LogP contribution is -2.48. The van der Waals surface area contributed by atoms with Crippen LogP contribution in [0.4, 0.5) is 5.82 Å². The van der Waals surface area contributed by atoms with Gasteiger partial charge in [-0.2, -0.15) is 5.10 Å². The molecule has 1 aromatic heterocycles. The average Bonchev–Trinajstić information content (AvgIpc) is 2.54. The van der Waals surface area contributed by atoms with Crippen molar-refractivity contribution in [3.63, 3.8) is 0 Å². The number of anilines is 1. The fraction of sp³-hybridized carbons (Fsp3) is 0.714. The van der Waals surface area contributed by atoms with Crippen LogP contribution in [0.15, 0.2) is 18.3 Å². The molecule has 1 aromatic rings. The van der Waals surface area contributed by atoms with E-state index in [1.807, 2.05) is 24.1 Å². The van der Waals surface area contributed by atoms with Gasteiger partial charge in [-0.25, -0.2) is 8.42 Å². The van der Waals surface area contributed by atoms with Gasteiger partial charge in [0.15, 0.2) is 15.7 Å². The molecule has 0 aromatic carbocycles. The Bertz CT molecular complexity index is 552. The maximum absolute atomic E-state index is 11.6. The van der Waals surface area contributed by atoms with Gasteiger partial charge in [0.05, 0.1) is 18.5 Å². The van der Waals surface area contributed by atoms with Crippen molar-refractivity contribution in [1.29, 1.82) is 0 Å². The highest BCUT2D eigenvalue weighted by Crippen LogP contribution is 2.11. The van der Waals surface area contributed by atoms with Crippen LogP contribution in [-0.2, 0) is 14.6 Å². The molecule has 2 rings (SSSR count). The van der Waals surface area contributed by atoms with Crippen LogP contribution < -0.4 is 4.90 Å². The first kappa shape index (κ1) is 17.1. The van der Waals surface area contributed by atoms with Crippen molar-refractivity contribution in [1.82, 2.24) is 15.1 Å². The van der Waals surface area contributed by atoms with Gasteiger partial charge >= 0.3 is 0 Å². The van der Waals surface area contributed by atoms with Gasteiger partial charge in [0.1, 0.15) is 0 Å². The molecule has 2 heterocycles. The quantitative estimate of drug-likeness (QED) is 0.700. The number of sulfone groups is 1. The molecule has 0 radical (unpaired) electrons. The zero-order valence-corrected chi connectivity index (χ0v) is 14.0. The van der Waals surface area contributed by atoms with E-state index in [9.17, 15) is 8.42 Å². The van der Waals surface area contributed by atoms with Crippen LogP contribution in [0.1, 0.15) is 6.92 Å². The molecule has 1 atom stereocenters. The van der Waals surface area contributed by atoms with Crippen molar-refractivity contribution >= 4 is 15.7 Å². The number of morpholine rings is 1. The van der Waals surface area contributed by atoms with E-state index in [2.05, 4.69) is 15.1 Å². The zero-order chi connectivity index (χ0) is 16.0. The van der Waals surface area contributed by atoms with Gasteiger partial charge in [0, 0.05) is 45.2 Å². The largest absolute Gasteiger partial charge is 0.374 e. The van der Waals surface area contributed by atoms with E-state index in [-0.39, 0.29) is 17.6 Å². The summed E-state index contributed by atoms with van der Waals surface area (Å²) in [5, 5.41) is 7.94. The topological polar surface area (TPSA) is 75.6 Å². The molecule has 1 aliphatic rings. The van der Waals surface area contributed by atoms with Crippen LogP contribution in [0.3, 0.4) is 0 Å². The third-order valence-electron chi connectivity index (χ3n) is 3.81. The van der Waals surface area contributed by atoms with Crippen molar-refractivity contribution < 1.29 is 13.2 Å². The lowest BCUT2D eigenvalue weighted by molar-refractivity contribution is -0.0214. The maximum atomic E-state index is 11.6. The van der Waals surface area contributed by atoms with Crippen LogP contribution in [0, 0.1) is 0 Å². The first-order valence-corrected chi connectivity index (χ1v) is 9.35. The third kappa shape index (κ3) is 5.19. The predicted octanol–water partition coefficient (Wildman–Crippen LogP) is 0.0483. The number of likely N-dealkylation sites (N-methyl/N-ethyl adjacent to an activating group) is 1. The number of hydrogen-bond donors (Lipinski definition) is 0. The lowest BCUT2D eigenvalue weighted by atomic mass is 10.2. The molecular weight excluding hydrogens is 304 g/mol. The Labute approximate surface area is 132 Å². The van der Waals surface area contributed by atoms with E-state index in [4.69, 9.17) is 4.74 Å². The smallest absolute Gasteiger partial charge is 0.151 e. The second kappa shape index (κ2) is 7.85. The fourth-order valence-corrected chi connectivity index (χ4v) is 3.23. The van der Waals surface area contributed by atoms with Gasteiger partial charge in [-0.3, -0.25) is 4.90 Å². The molecule has 8 heteroatoms. The second-order valence-corrected chi connectivity index (χ2v) is 7.96. The van der Waals surface area contributed by atoms with Gasteiger partial charge in [-0.15, -0.1) is 5.10 Å². The first-order chi connectivity index (χ1) is 10.5. The van der Waals surface area contributed by atoms with Gasteiger partial charge in [0.25, 0.3) is 0 Å². The van der Waals surface area contributed by atoms with Gasteiger partial charge < -0.3 is 9.64 Å². The molecule has 0 bridgehead atoms. The second-order valence-electron chi connectivity index (χ2n) is 5.49. The molecular formula is C14H24N4O3S. The summed E-state index contributed by atoms with van der Waals surface area (Å²) in [5.74, 6) is 1.23. The van der Waals surface area contributed by atoms with Gasteiger partial charge in [0.2, 0.25) is 0 Å². The van der Waals surface area contributed by atoms with Gasteiger partial charge in [-0.05, 0) is 12.1 Å². The number of hydrogen-bond acceptors (Lipinski definition) is 7. The minimum absolute atomic E-state index is 0.0464. The van der Waals surface area contributed by atoms with E-state index < -0.39 is 9.84 Å². The Hall–Kier alpha value is -1.25. The lowest BCUT2D eigenvalue weighted by Gasteiger charge is -2.34. The summed E-state index contributed by atoms with van der Waals surface area (Å²) in [6, 6.07) is 3.75. The van der Waals surface area contributed by atoms with E-state index in [1.54, 1.807) is 13.1 Å². The number of nitrogens with zero attached hydrogens (tertiary/aromatic N) is 4. The van der Waals surface area contributed by atoms with Crippen LogP contribution in [0.25, 0.3) is 0 Å². The summed E-state index contributed by atoms with van der Waals surface area (Å²) in [7, 11) is -0.961. The molecule has 0 unspecified atom stereocenters. The minimum atomic E-state index is -2.91. The first-order valence-electron chi connectivity index (χ1n) is 7.53. The van der Waals surface area contributed by atoms with Crippen molar-refractivity contribution in [2.45, 2.75) is 13.0 Å².